The molecular weight excluding hydrogens is 543 g/mol. The first-order valence-corrected chi connectivity index (χ1v) is 14.6. The Labute approximate surface area is 247 Å². The zero-order chi connectivity index (χ0) is 30.8. The van der Waals surface area contributed by atoms with Gasteiger partial charge in [-0.25, -0.2) is 4.39 Å². The Morgan fingerprint density at radius 2 is 1.81 bits per heavy atom. The van der Waals surface area contributed by atoms with Crippen LogP contribution in [0.4, 0.5) is 10.1 Å². The molecule has 0 aromatic heterocycles. The van der Waals surface area contributed by atoms with Crippen LogP contribution in [-0.2, 0) is 14.4 Å². The molecule has 13 heteroatoms. The van der Waals surface area contributed by atoms with E-state index < -0.39 is 36.5 Å². The number of likely N-dealkylation sites (tertiary alicyclic amines) is 1. The molecule has 2 saturated heterocycles. The van der Waals surface area contributed by atoms with Gasteiger partial charge in [0, 0.05) is 50.5 Å². The monoisotopic (exact) mass is 588 g/mol. The van der Waals surface area contributed by atoms with Crippen molar-refractivity contribution in [3.8, 4) is 0 Å². The first-order chi connectivity index (χ1) is 20.0. The number of piperazine rings is 1. The van der Waals surface area contributed by atoms with Crippen LogP contribution in [0.2, 0.25) is 0 Å². The fourth-order valence-corrected chi connectivity index (χ4v) is 5.33. The summed E-state index contributed by atoms with van der Waals surface area (Å²) in [4.78, 5) is 58.4. The molecule has 3 atom stereocenters. The van der Waals surface area contributed by atoms with E-state index in [0.717, 1.165) is 31.9 Å². The van der Waals surface area contributed by atoms with E-state index in [9.17, 15) is 23.6 Å². The lowest BCUT2D eigenvalue weighted by Gasteiger charge is -2.34. The third kappa shape index (κ3) is 8.88. The maximum Gasteiger partial charge on any atom is 0.252 e. The van der Waals surface area contributed by atoms with Gasteiger partial charge in [-0.3, -0.25) is 24.6 Å². The van der Waals surface area contributed by atoms with Crippen LogP contribution in [0.5, 0.6) is 0 Å². The fraction of sp³-hybridized carbons (Fsp3) is 0.621. The SMILES string of the molecule is CC(C)C(NC(=O)c1cccc(N2CCN(C)CC2)c1)C(=O)N1CCC[C@H]1C(=O)N[C@@H](CCCNC(=N)N)C(=O)CF. The smallest absolute Gasteiger partial charge is 0.252 e. The number of hydrogen-bond donors (Lipinski definition) is 5. The van der Waals surface area contributed by atoms with E-state index in [4.69, 9.17) is 11.1 Å². The number of guanidine groups is 1. The van der Waals surface area contributed by atoms with Crippen LogP contribution in [0.1, 0.15) is 49.9 Å². The summed E-state index contributed by atoms with van der Waals surface area (Å²) in [6.07, 6.45) is 1.51. The van der Waals surface area contributed by atoms with E-state index in [-0.39, 0.29) is 30.1 Å². The van der Waals surface area contributed by atoms with Crippen molar-refractivity contribution >= 4 is 35.2 Å². The highest BCUT2D eigenvalue weighted by Crippen LogP contribution is 2.22. The number of nitrogens with one attached hydrogen (secondary N) is 4. The van der Waals surface area contributed by atoms with Crippen LogP contribution in [0, 0.1) is 11.3 Å². The van der Waals surface area contributed by atoms with Crippen molar-refractivity contribution in [2.75, 3.05) is 57.9 Å². The van der Waals surface area contributed by atoms with Crippen LogP contribution in [0.15, 0.2) is 24.3 Å². The summed E-state index contributed by atoms with van der Waals surface area (Å²) >= 11 is 0. The van der Waals surface area contributed by atoms with Gasteiger partial charge in [0.15, 0.2) is 11.7 Å². The highest BCUT2D eigenvalue weighted by atomic mass is 19.1. The molecule has 0 spiro atoms. The third-order valence-electron chi connectivity index (χ3n) is 7.86. The van der Waals surface area contributed by atoms with Crippen LogP contribution >= 0.6 is 0 Å². The predicted octanol–water partition coefficient (Wildman–Crippen LogP) is 0.470. The normalized spacial score (nSPS) is 18.8. The summed E-state index contributed by atoms with van der Waals surface area (Å²) in [5, 5.41) is 15.3. The quantitative estimate of drug-likeness (QED) is 0.126. The second-order valence-electron chi connectivity index (χ2n) is 11.4. The van der Waals surface area contributed by atoms with E-state index in [2.05, 4.69) is 32.8 Å². The molecule has 0 radical (unpaired) electrons. The van der Waals surface area contributed by atoms with Crippen molar-refractivity contribution in [1.29, 1.82) is 5.41 Å². The number of alkyl halides is 1. The minimum Gasteiger partial charge on any atom is -0.370 e. The number of halogens is 1. The summed E-state index contributed by atoms with van der Waals surface area (Å²) < 4.78 is 13.2. The standard InChI is InChI=1S/C29H45FN8O4/c1-19(2)25(35-26(40)20-7-4-8-21(17-20)37-15-13-36(3)14-16-37)28(42)38-12-6-10-23(38)27(41)34-22(24(39)18-30)9-5-11-33-29(31)32/h4,7-8,17,19,22-23,25H,5-6,9-16,18H2,1-3H3,(H,34,41)(H,35,40)(H4,31,32,33)/t22-,23-,25?/m0/s1. The lowest BCUT2D eigenvalue weighted by Crippen LogP contribution is -2.56. The molecule has 0 saturated carbocycles. The summed E-state index contributed by atoms with van der Waals surface area (Å²) in [5.41, 5.74) is 6.67. The van der Waals surface area contributed by atoms with Gasteiger partial charge in [-0.15, -0.1) is 0 Å². The molecule has 3 amide bonds. The lowest BCUT2D eigenvalue weighted by atomic mass is 10.0. The third-order valence-corrected chi connectivity index (χ3v) is 7.86. The molecule has 1 aromatic rings. The van der Waals surface area contributed by atoms with Gasteiger partial charge in [0.25, 0.3) is 5.91 Å². The topological polar surface area (TPSA) is 164 Å². The van der Waals surface area contributed by atoms with E-state index in [1.165, 1.54) is 4.90 Å². The summed E-state index contributed by atoms with van der Waals surface area (Å²) in [6, 6.07) is 4.62. The largest absolute Gasteiger partial charge is 0.370 e. The van der Waals surface area contributed by atoms with Crippen molar-refractivity contribution in [3.63, 3.8) is 0 Å². The van der Waals surface area contributed by atoms with Crippen molar-refractivity contribution in [3.05, 3.63) is 29.8 Å². The number of ketones is 1. The first kappa shape index (κ1) is 32.8. The van der Waals surface area contributed by atoms with Crippen molar-refractivity contribution in [1.82, 2.24) is 25.8 Å². The molecule has 3 rings (SSSR count). The molecule has 6 N–H and O–H groups in total. The number of carbonyl (C=O) groups is 4. The number of benzene rings is 1. The molecule has 2 aliphatic heterocycles. The Balaban J connectivity index is 1.66. The van der Waals surface area contributed by atoms with Gasteiger partial charge in [0.05, 0.1) is 6.04 Å². The predicted molar refractivity (Wildman–Crippen MR) is 159 cm³/mol. The first-order valence-electron chi connectivity index (χ1n) is 14.6. The molecule has 2 heterocycles. The molecule has 0 aliphatic carbocycles. The van der Waals surface area contributed by atoms with Gasteiger partial charge >= 0.3 is 0 Å². The van der Waals surface area contributed by atoms with Gasteiger partial charge < -0.3 is 36.4 Å². The summed E-state index contributed by atoms with van der Waals surface area (Å²) in [7, 11) is 2.08. The second-order valence-corrected chi connectivity index (χ2v) is 11.4. The Morgan fingerprint density at radius 3 is 2.45 bits per heavy atom. The molecule has 12 nitrogen and oxygen atoms in total. The number of amides is 3. The number of rotatable bonds is 13. The number of nitrogens with two attached hydrogens (primary N) is 1. The van der Waals surface area contributed by atoms with Crippen molar-refractivity contribution < 1.29 is 23.6 Å². The second kappa shape index (κ2) is 15.5. The number of nitrogens with zero attached hydrogens (tertiary/aromatic N) is 3. The molecule has 1 unspecified atom stereocenters. The zero-order valence-electron chi connectivity index (χ0n) is 24.8. The van der Waals surface area contributed by atoms with Gasteiger partial charge in [-0.1, -0.05) is 19.9 Å². The molecule has 0 bridgehead atoms. The zero-order valence-corrected chi connectivity index (χ0v) is 24.8. The fourth-order valence-electron chi connectivity index (χ4n) is 5.33. The summed E-state index contributed by atoms with van der Waals surface area (Å²) in [6.45, 7) is 6.66. The van der Waals surface area contributed by atoms with Crippen molar-refractivity contribution in [2.24, 2.45) is 11.7 Å². The van der Waals surface area contributed by atoms with Crippen LogP contribution in [-0.4, -0.2) is 110 Å². The van der Waals surface area contributed by atoms with E-state index >= 15 is 0 Å². The van der Waals surface area contributed by atoms with Gasteiger partial charge in [-0.05, 0) is 56.8 Å². The van der Waals surface area contributed by atoms with E-state index in [1.807, 2.05) is 32.0 Å². The Morgan fingerprint density at radius 1 is 1.10 bits per heavy atom. The van der Waals surface area contributed by atoms with Crippen LogP contribution in [0.3, 0.4) is 0 Å². The number of hydrogen-bond acceptors (Lipinski definition) is 7. The number of anilines is 1. The minimum atomic E-state index is -1.23. The number of likely N-dealkylation sites (N-methyl/N-ethyl adjacent to an activating group) is 1. The van der Waals surface area contributed by atoms with E-state index in [1.54, 1.807) is 6.07 Å². The average molecular weight is 589 g/mol. The van der Waals surface area contributed by atoms with Crippen LogP contribution in [0.25, 0.3) is 0 Å². The minimum absolute atomic E-state index is 0.160. The lowest BCUT2D eigenvalue weighted by molar-refractivity contribution is -0.141. The maximum atomic E-state index is 13.7. The Hall–Kier alpha value is -3.74. The van der Waals surface area contributed by atoms with E-state index in [0.29, 0.717) is 37.9 Å². The highest BCUT2D eigenvalue weighted by molar-refractivity contribution is 5.99. The Kier molecular flexibility index (Phi) is 12.1. The molecule has 2 aliphatic rings. The molecule has 2 fully saturated rings. The average Bonchev–Trinajstić information content (AvgIpc) is 3.47. The Bertz CT molecular complexity index is 1120. The van der Waals surface area contributed by atoms with Gasteiger partial charge in [0.2, 0.25) is 11.8 Å². The van der Waals surface area contributed by atoms with Gasteiger partial charge in [-0.2, -0.15) is 0 Å². The highest BCUT2D eigenvalue weighted by Gasteiger charge is 2.39. The number of carbonyl (C=O) groups excluding carboxylic acids is 4. The molecule has 232 valence electrons. The summed E-state index contributed by atoms with van der Waals surface area (Å²) in [5.74, 6) is -2.49. The maximum absolute atomic E-state index is 13.7. The van der Waals surface area contributed by atoms with Crippen molar-refractivity contribution in [2.45, 2.75) is 57.7 Å². The molecule has 42 heavy (non-hydrogen) atoms. The van der Waals surface area contributed by atoms with Crippen LogP contribution < -0.4 is 26.6 Å². The van der Waals surface area contributed by atoms with Gasteiger partial charge in [0.1, 0.15) is 18.8 Å². The number of Topliss-reactive ketones (excluding diaryl/α,β-unsaturated/α-hetero) is 1. The molecular formula is C29H45FN8O4. The molecule has 1 aromatic carbocycles.